The molecule has 2 aromatic rings. The Morgan fingerprint density at radius 2 is 2.16 bits per heavy atom. The van der Waals surface area contributed by atoms with E-state index in [0.29, 0.717) is 16.6 Å². The predicted octanol–water partition coefficient (Wildman–Crippen LogP) is 1.48. The van der Waals surface area contributed by atoms with Gasteiger partial charge in [0.1, 0.15) is 10.7 Å². The highest BCUT2D eigenvalue weighted by atomic mass is 32.1. The molecule has 0 saturated heterocycles. The van der Waals surface area contributed by atoms with Crippen LogP contribution in [0.5, 0.6) is 0 Å². The normalized spacial score (nSPS) is 10.2. The fourth-order valence-electron chi connectivity index (χ4n) is 1.48. The average Bonchev–Trinajstić information content (AvgIpc) is 2.79. The van der Waals surface area contributed by atoms with Gasteiger partial charge in [-0.2, -0.15) is 0 Å². The molecule has 0 fully saturated rings. The lowest BCUT2D eigenvalue weighted by molar-refractivity contribution is 0.0955. The van der Waals surface area contributed by atoms with E-state index in [1.165, 1.54) is 11.3 Å². The fourth-order valence-corrected chi connectivity index (χ4v) is 2.35. The average molecular weight is 277 g/mol. The van der Waals surface area contributed by atoms with Crippen LogP contribution in [-0.4, -0.2) is 22.4 Å². The van der Waals surface area contributed by atoms with Gasteiger partial charge in [0.15, 0.2) is 5.13 Å². The highest BCUT2D eigenvalue weighted by Gasteiger charge is 2.15. The van der Waals surface area contributed by atoms with Crippen LogP contribution in [0.4, 0.5) is 10.9 Å². The van der Waals surface area contributed by atoms with Crippen LogP contribution in [0.25, 0.3) is 0 Å². The van der Waals surface area contributed by atoms with E-state index >= 15 is 0 Å². The third-order valence-electron chi connectivity index (χ3n) is 2.39. The van der Waals surface area contributed by atoms with Crippen LogP contribution in [0.1, 0.15) is 22.2 Å². The van der Waals surface area contributed by atoms with Crippen LogP contribution >= 0.6 is 11.3 Å². The first-order chi connectivity index (χ1) is 9.20. The molecule has 0 aliphatic heterocycles. The fraction of sp³-hybridized carbons (Fsp3) is 0.250. The van der Waals surface area contributed by atoms with Crippen LogP contribution < -0.4 is 16.4 Å². The minimum Gasteiger partial charge on any atom is -0.382 e. The highest BCUT2D eigenvalue weighted by molar-refractivity contribution is 7.18. The van der Waals surface area contributed by atoms with Crippen LogP contribution in [0, 0.1) is 0 Å². The third-order valence-corrected chi connectivity index (χ3v) is 3.42. The van der Waals surface area contributed by atoms with Crippen LogP contribution in [0.15, 0.2) is 24.5 Å². The molecule has 1 amide bonds. The molecule has 0 aliphatic rings. The molecular formula is C12H15N5OS. The topological polar surface area (TPSA) is 92.9 Å². The van der Waals surface area contributed by atoms with Crippen molar-refractivity contribution in [1.82, 2.24) is 15.3 Å². The van der Waals surface area contributed by atoms with Crippen LogP contribution in [-0.2, 0) is 6.54 Å². The zero-order valence-corrected chi connectivity index (χ0v) is 11.3. The Hall–Kier alpha value is -2.15. The molecule has 0 aliphatic carbocycles. The Morgan fingerprint density at radius 1 is 1.42 bits per heavy atom. The molecular weight excluding hydrogens is 262 g/mol. The summed E-state index contributed by atoms with van der Waals surface area (Å²) in [6.07, 6.45) is 3.37. The molecule has 4 N–H and O–H groups in total. The van der Waals surface area contributed by atoms with Crippen molar-refractivity contribution in [2.45, 2.75) is 13.5 Å². The zero-order valence-electron chi connectivity index (χ0n) is 10.5. The number of anilines is 2. The Bertz CT molecular complexity index is 555. The number of nitrogen functional groups attached to an aromatic ring is 1. The van der Waals surface area contributed by atoms with Gasteiger partial charge in [0, 0.05) is 25.5 Å². The van der Waals surface area contributed by atoms with Crippen molar-refractivity contribution in [3.8, 4) is 0 Å². The Morgan fingerprint density at radius 3 is 2.84 bits per heavy atom. The lowest BCUT2D eigenvalue weighted by atomic mass is 10.3. The van der Waals surface area contributed by atoms with Crippen LogP contribution in [0.2, 0.25) is 0 Å². The minimum atomic E-state index is -0.212. The smallest absolute Gasteiger partial charge is 0.265 e. The van der Waals surface area contributed by atoms with E-state index in [-0.39, 0.29) is 11.7 Å². The lowest BCUT2D eigenvalue weighted by Crippen LogP contribution is -2.22. The van der Waals surface area contributed by atoms with E-state index in [0.717, 1.165) is 12.1 Å². The number of hydrogen-bond donors (Lipinski definition) is 3. The summed E-state index contributed by atoms with van der Waals surface area (Å²) >= 11 is 1.26. The summed E-state index contributed by atoms with van der Waals surface area (Å²) < 4.78 is 0. The van der Waals surface area contributed by atoms with Crippen molar-refractivity contribution in [3.05, 3.63) is 35.0 Å². The van der Waals surface area contributed by atoms with Gasteiger partial charge in [-0.15, -0.1) is 0 Å². The van der Waals surface area contributed by atoms with E-state index in [2.05, 4.69) is 20.6 Å². The maximum atomic E-state index is 12.0. The number of rotatable bonds is 5. The molecule has 0 saturated carbocycles. The number of thiazole rings is 1. The van der Waals surface area contributed by atoms with Gasteiger partial charge in [-0.1, -0.05) is 11.3 Å². The third kappa shape index (κ3) is 3.41. The number of aromatic nitrogens is 2. The summed E-state index contributed by atoms with van der Waals surface area (Å²) in [5.41, 5.74) is 6.71. The predicted molar refractivity (Wildman–Crippen MR) is 76.1 cm³/mol. The summed E-state index contributed by atoms with van der Waals surface area (Å²) in [5, 5.41) is 6.51. The first-order valence-corrected chi connectivity index (χ1v) is 6.69. The quantitative estimate of drug-likeness (QED) is 0.770. The highest BCUT2D eigenvalue weighted by Crippen LogP contribution is 2.24. The SMILES string of the molecule is CCNc1nc(N)c(C(=O)NCc2ccncc2)s1. The molecule has 0 unspecified atom stereocenters. The number of nitrogens with two attached hydrogens (primary N) is 1. The van der Waals surface area contributed by atoms with Crippen molar-refractivity contribution < 1.29 is 4.79 Å². The summed E-state index contributed by atoms with van der Waals surface area (Å²) in [6, 6.07) is 3.70. The molecule has 2 aromatic heterocycles. The summed E-state index contributed by atoms with van der Waals surface area (Å²) in [7, 11) is 0. The number of carbonyl (C=O) groups excluding carboxylic acids is 1. The largest absolute Gasteiger partial charge is 0.382 e. The van der Waals surface area contributed by atoms with E-state index in [1.54, 1.807) is 12.4 Å². The first kappa shape index (κ1) is 13.3. The standard InChI is InChI=1S/C12H15N5OS/c1-2-15-12-17-10(13)9(19-12)11(18)16-7-8-3-5-14-6-4-8/h3-6H,2,7,13H2,1H3,(H,15,17)(H,16,18). The van der Waals surface area contributed by atoms with E-state index < -0.39 is 0 Å². The van der Waals surface area contributed by atoms with Crippen molar-refractivity contribution in [2.24, 2.45) is 0 Å². The maximum absolute atomic E-state index is 12.0. The molecule has 0 radical (unpaired) electrons. The maximum Gasteiger partial charge on any atom is 0.265 e. The number of carbonyl (C=O) groups is 1. The molecule has 2 rings (SSSR count). The number of hydrogen-bond acceptors (Lipinski definition) is 6. The monoisotopic (exact) mass is 277 g/mol. The number of pyridine rings is 1. The van der Waals surface area contributed by atoms with Crippen molar-refractivity contribution in [2.75, 3.05) is 17.6 Å². The van der Waals surface area contributed by atoms with E-state index in [9.17, 15) is 4.79 Å². The summed E-state index contributed by atoms with van der Waals surface area (Å²) in [6.45, 7) is 3.14. The van der Waals surface area contributed by atoms with Gasteiger partial charge in [0.2, 0.25) is 0 Å². The van der Waals surface area contributed by atoms with E-state index in [4.69, 9.17) is 5.73 Å². The Balaban J connectivity index is 2.00. The molecule has 100 valence electrons. The van der Waals surface area contributed by atoms with Crippen molar-refractivity contribution >= 4 is 28.2 Å². The molecule has 0 aromatic carbocycles. The molecule has 7 heteroatoms. The van der Waals surface area contributed by atoms with Gasteiger partial charge >= 0.3 is 0 Å². The zero-order chi connectivity index (χ0) is 13.7. The molecule has 0 spiro atoms. The second kappa shape index (κ2) is 6.14. The molecule has 0 bridgehead atoms. The first-order valence-electron chi connectivity index (χ1n) is 5.88. The molecule has 2 heterocycles. The van der Waals surface area contributed by atoms with Gasteiger partial charge in [0.05, 0.1) is 0 Å². The van der Waals surface area contributed by atoms with Crippen LogP contribution in [0.3, 0.4) is 0 Å². The van der Waals surface area contributed by atoms with Gasteiger partial charge < -0.3 is 16.4 Å². The van der Waals surface area contributed by atoms with Gasteiger partial charge in [-0.3, -0.25) is 9.78 Å². The molecule has 6 nitrogen and oxygen atoms in total. The number of nitrogens with zero attached hydrogens (tertiary/aromatic N) is 2. The summed E-state index contributed by atoms with van der Waals surface area (Å²) in [4.78, 5) is 20.4. The summed E-state index contributed by atoms with van der Waals surface area (Å²) in [5.74, 6) is 0.0455. The Labute approximate surface area is 115 Å². The number of nitrogens with one attached hydrogen (secondary N) is 2. The Kier molecular flexibility index (Phi) is 4.30. The van der Waals surface area contributed by atoms with Gasteiger partial charge in [-0.05, 0) is 24.6 Å². The second-order valence-corrected chi connectivity index (χ2v) is 4.80. The van der Waals surface area contributed by atoms with Gasteiger partial charge in [-0.25, -0.2) is 4.98 Å². The van der Waals surface area contributed by atoms with Crippen molar-refractivity contribution in [1.29, 1.82) is 0 Å². The van der Waals surface area contributed by atoms with Crippen molar-refractivity contribution in [3.63, 3.8) is 0 Å². The number of amides is 1. The minimum absolute atomic E-state index is 0.212. The molecule has 0 atom stereocenters. The second-order valence-electron chi connectivity index (χ2n) is 3.80. The lowest BCUT2D eigenvalue weighted by Gasteiger charge is -2.03. The van der Waals surface area contributed by atoms with Gasteiger partial charge in [0.25, 0.3) is 5.91 Å². The van der Waals surface area contributed by atoms with E-state index in [1.807, 2.05) is 19.1 Å². The molecule has 19 heavy (non-hydrogen) atoms.